The quantitative estimate of drug-likeness (QED) is 0.840. The van der Waals surface area contributed by atoms with E-state index in [0.29, 0.717) is 24.9 Å². The molecule has 0 heterocycles. The molecule has 1 aromatic carbocycles. The van der Waals surface area contributed by atoms with Crippen LogP contribution in [0.5, 0.6) is 0 Å². The van der Waals surface area contributed by atoms with Gasteiger partial charge in [-0.15, -0.1) is 0 Å². The molecule has 0 aliphatic carbocycles. The van der Waals surface area contributed by atoms with Crippen molar-refractivity contribution >= 4 is 5.91 Å². The summed E-state index contributed by atoms with van der Waals surface area (Å²) in [5.41, 5.74) is 0.642. The Hall–Kier alpha value is -1.42. The monoisotopic (exact) mass is 295 g/mol. The van der Waals surface area contributed by atoms with Crippen LogP contribution in [0.3, 0.4) is 0 Å². The molecule has 0 aromatic heterocycles. The van der Waals surface area contributed by atoms with Gasteiger partial charge in [-0.25, -0.2) is 4.39 Å². The number of aliphatic hydroxyl groups is 1. The predicted molar refractivity (Wildman–Crippen MR) is 82.4 cm³/mol. The number of hydrogen-bond acceptors (Lipinski definition) is 2. The number of aryl methyl sites for hydroxylation is 1. The molecule has 2 unspecified atom stereocenters. The van der Waals surface area contributed by atoms with E-state index in [1.165, 1.54) is 6.07 Å². The summed E-state index contributed by atoms with van der Waals surface area (Å²) in [6.45, 7) is 7.74. The molecule has 3 nitrogen and oxygen atoms in total. The Morgan fingerprint density at radius 1 is 1.24 bits per heavy atom. The first-order valence-electron chi connectivity index (χ1n) is 7.54. The van der Waals surface area contributed by atoms with Gasteiger partial charge in [0.25, 0.3) is 0 Å². The standard InChI is InChI=1S/C17H26FNO2/c1-12(2)19(11-14(4)20)17(21)13(3)9-10-15-7-5-6-8-16(15)18/h5-8,12-14,20H,9-11H2,1-4H3. The van der Waals surface area contributed by atoms with Crippen molar-refractivity contribution in [2.75, 3.05) is 6.54 Å². The molecule has 0 aliphatic rings. The molecule has 0 fully saturated rings. The van der Waals surface area contributed by atoms with Crippen LogP contribution in [0.1, 0.15) is 39.7 Å². The van der Waals surface area contributed by atoms with Gasteiger partial charge in [-0.05, 0) is 45.2 Å². The number of amides is 1. The summed E-state index contributed by atoms with van der Waals surface area (Å²) in [7, 11) is 0. The third kappa shape index (κ3) is 5.46. The Bertz CT molecular complexity index is 460. The fraction of sp³-hybridized carbons (Fsp3) is 0.588. The van der Waals surface area contributed by atoms with Crippen molar-refractivity contribution in [3.63, 3.8) is 0 Å². The average Bonchev–Trinajstić information content (AvgIpc) is 2.42. The Morgan fingerprint density at radius 3 is 2.38 bits per heavy atom. The predicted octanol–water partition coefficient (Wildman–Crippen LogP) is 3.01. The molecule has 2 atom stereocenters. The second-order valence-corrected chi connectivity index (χ2v) is 5.96. The van der Waals surface area contributed by atoms with Crippen LogP contribution in [-0.4, -0.2) is 34.6 Å². The molecule has 0 aliphatic heterocycles. The number of aliphatic hydroxyl groups excluding tert-OH is 1. The fourth-order valence-electron chi connectivity index (χ4n) is 2.32. The van der Waals surface area contributed by atoms with Crippen LogP contribution < -0.4 is 0 Å². The van der Waals surface area contributed by atoms with Gasteiger partial charge in [0, 0.05) is 18.5 Å². The minimum Gasteiger partial charge on any atom is -0.392 e. The van der Waals surface area contributed by atoms with Gasteiger partial charge >= 0.3 is 0 Å². The molecular formula is C17H26FNO2. The summed E-state index contributed by atoms with van der Waals surface area (Å²) >= 11 is 0. The number of benzene rings is 1. The van der Waals surface area contributed by atoms with E-state index in [2.05, 4.69) is 0 Å². The molecule has 1 rings (SSSR count). The van der Waals surface area contributed by atoms with E-state index in [1.54, 1.807) is 30.0 Å². The molecule has 0 saturated heterocycles. The molecule has 0 radical (unpaired) electrons. The lowest BCUT2D eigenvalue weighted by molar-refractivity contribution is -0.138. The van der Waals surface area contributed by atoms with E-state index in [1.807, 2.05) is 20.8 Å². The minimum atomic E-state index is -0.546. The van der Waals surface area contributed by atoms with E-state index in [9.17, 15) is 14.3 Å². The summed E-state index contributed by atoms with van der Waals surface area (Å²) < 4.78 is 13.6. The van der Waals surface area contributed by atoms with Crippen molar-refractivity contribution in [1.29, 1.82) is 0 Å². The Balaban J connectivity index is 2.63. The zero-order valence-corrected chi connectivity index (χ0v) is 13.3. The number of carbonyl (C=O) groups is 1. The van der Waals surface area contributed by atoms with Crippen molar-refractivity contribution in [2.24, 2.45) is 5.92 Å². The summed E-state index contributed by atoms with van der Waals surface area (Å²) in [6, 6.07) is 6.70. The Morgan fingerprint density at radius 2 is 1.86 bits per heavy atom. The van der Waals surface area contributed by atoms with E-state index < -0.39 is 6.10 Å². The van der Waals surface area contributed by atoms with Crippen LogP contribution in [0.15, 0.2) is 24.3 Å². The molecule has 21 heavy (non-hydrogen) atoms. The van der Waals surface area contributed by atoms with E-state index >= 15 is 0 Å². The van der Waals surface area contributed by atoms with Gasteiger partial charge in [-0.2, -0.15) is 0 Å². The van der Waals surface area contributed by atoms with Gasteiger partial charge in [-0.1, -0.05) is 25.1 Å². The second-order valence-electron chi connectivity index (χ2n) is 5.96. The SMILES string of the molecule is CC(O)CN(C(=O)C(C)CCc1ccccc1F)C(C)C. The van der Waals surface area contributed by atoms with Gasteiger partial charge in [-0.3, -0.25) is 4.79 Å². The Kier molecular flexibility index (Phi) is 6.82. The van der Waals surface area contributed by atoms with Gasteiger partial charge in [0.2, 0.25) is 5.91 Å². The maximum absolute atomic E-state index is 13.6. The number of hydrogen-bond donors (Lipinski definition) is 1. The Labute approximate surface area is 126 Å². The third-order valence-corrected chi connectivity index (χ3v) is 3.59. The van der Waals surface area contributed by atoms with Crippen molar-refractivity contribution in [3.8, 4) is 0 Å². The van der Waals surface area contributed by atoms with Crippen LogP contribution in [0.4, 0.5) is 4.39 Å². The van der Waals surface area contributed by atoms with Gasteiger partial charge < -0.3 is 10.0 Å². The van der Waals surface area contributed by atoms with Crippen molar-refractivity contribution in [2.45, 2.75) is 52.7 Å². The van der Waals surface area contributed by atoms with Gasteiger partial charge in [0.15, 0.2) is 0 Å². The normalized spacial score (nSPS) is 14.0. The maximum Gasteiger partial charge on any atom is 0.225 e. The molecule has 0 saturated carbocycles. The van der Waals surface area contributed by atoms with E-state index in [4.69, 9.17) is 0 Å². The number of carbonyl (C=O) groups excluding carboxylic acids is 1. The van der Waals surface area contributed by atoms with E-state index in [0.717, 1.165) is 0 Å². The number of rotatable bonds is 7. The van der Waals surface area contributed by atoms with Crippen LogP contribution in [0.25, 0.3) is 0 Å². The lowest BCUT2D eigenvalue weighted by Crippen LogP contribution is -2.44. The van der Waals surface area contributed by atoms with Crippen LogP contribution >= 0.6 is 0 Å². The zero-order chi connectivity index (χ0) is 16.0. The highest BCUT2D eigenvalue weighted by atomic mass is 19.1. The molecular weight excluding hydrogens is 269 g/mol. The first-order chi connectivity index (χ1) is 9.82. The fourth-order valence-corrected chi connectivity index (χ4v) is 2.32. The molecule has 0 bridgehead atoms. The van der Waals surface area contributed by atoms with Crippen molar-refractivity contribution in [1.82, 2.24) is 4.90 Å². The maximum atomic E-state index is 13.6. The van der Waals surface area contributed by atoms with Crippen LogP contribution in [0, 0.1) is 11.7 Å². The van der Waals surface area contributed by atoms with E-state index in [-0.39, 0.29) is 23.7 Å². The smallest absolute Gasteiger partial charge is 0.225 e. The van der Waals surface area contributed by atoms with Crippen LogP contribution in [-0.2, 0) is 11.2 Å². The second kappa shape index (κ2) is 8.13. The molecule has 1 aromatic rings. The molecule has 1 amide bonds. The van der Waals surface area contributed by atoms with Gasteiger partial charge in [0.05, 0.1) is 6.10 Å². The summed E-state index contributed by atoms with van der Waals surface area (Å²) in [5.74, 6) is -0.394. The minimum absolute atomic E-state index is 0.0160. The number of nitrogens with zero attached hydrogens (tertiary/aromatic N) is 1. The highest BCUT2D eigenvalue weighted by Gasteiger charge is 2.23. The largest absolute Gasteiger partial charge is 0.392 e. The topological polar surface area (TPSA) is 40.5 Å². The molecule has 4 heteroatoms. The lowest BCUT2D eigenvalue weighted by atomic mass is 9.99. The molecule has 1 N–H and O–H groups in total. The molecule has 118 valence electrons. The summed E-state index contributed by atoms with van der Waals surface area (Å²) in [6.07, 6.45) is 0.596. The third-order valence-electron chi connectivity index (χ3n) is 3.59. The number of halogens is 1. The summed E-state index contributed by atoms with van der Waals surface area (Å²) in [4.78, 5) is 14.1. The zero-order valence-electron chi connectivity index (χ0n) is 13.3. The van der Waals surface area contributed by atoms with Crippen LogP contribution in [0.2, 0.25) is 0 Å². The first-order valence-corrected chi connectivity index (χ1v) is 7.54. The lowest BCUT2D eigenvalue weighted by Gasteiger charge is -2.30. The van der Waals surface area contributed by atoms with Crippen molar-refractivity contribution in [3.05, 3.63) is 35.6 Å². The average molecular weight is 295 g/mol. The molecule has 0 spiro atoms. The van der Waals surface area contributed by atoms with Gasteiger partial charge in [0.1, 0.15) is 5.82 Å². The first kappa shape index (κ1) is 17.6. The highest BCUT2D eigenvalue weighted by molar-refractivity contribution is 5.78. The van der Waals surface area contributed by atoms with Crippen molar-refractivity contribution < 1.29 is 14.3 Å². The summed E-state index contributed by atoms with van der Waals surface area (Å²) in [5, 5.41) is 9.50. The highest BCUT2D eigenvalue weighted by Crippen LogP contribution is 2.16.